The fraction of sp³-hybridized carbons (Fsp3) is 0.846. The molecule has 0 saturated carbocycles. The van der Waals surface area contributed by atoms with Crippen LogP contribution in [0.2, 0.25) is 0 Å². The summed E-state index contributed by atoms with van der Waals surface area (Å²) in [4.78, 5) is 26.8. The van der Waals surface area contributed by atoms with E-state index < -0.39 is 18.1 Å². The summed E-state index contributed by atoms with van der Waals surface area (Å²) >= 11 is 0. The van der Waals surface area contributed by atoms with Gasteiger partial charge in [0.05, 0.1) is 6.10 Å². The largest absolute Gasteiger partial charge is 0.480 e. The Morgan fingerprint density at radius 1 is 1.16 bits per heavy atom. The molecule has 0 spiro atoms. The van der Waals surface area contributed by atoms with Gasteiger partial charge in [-0.2, -0.15) is 0 Å². The molecule has 0 aliphatic carbocycles. The number of nitrogens with zero attached hydrogens (tertiary/aromatic N) is 2. The smallest absolute Gasteiger partial charge is 0.326 e. The maximum absolute atomic E-state index is 12.6. The van der Waals surface area contributed by atoms with Crippen LogP contribution in [0.15, 0.2) is 0 Å². The van der Waals surface area contributed by atoms with Gasteiger partial charge in [-0.3, -0.25) is 0 Å². The monoisotopic (exact) mass is 270 g/mol. The number of carbonyl (C=O) groups excluding carboxylic acids is 1. The minimum atomic E-state index is -1.04. The normalized spacial score (nSPS) is 35.5. The van der Waals surface area contributed by atoms with Gasteiger partial charge >= 0.3 is 12.0 Å². The number of likely N-dealkylation sites (tertiary alicyclic amines) is 2. The molecule has 0 aromatic carbocycles. The fourth-order valence-corrected chi connectivity index (χ4v) is 3.21. The van der Waals surface area contributed by atoms with Gasteiger partial charge in [0.15, 0.2) is 0 Å². The van der Waals surface area contributed by atoms with Crippen molar-refractivity contribution in [3.8, 4) is 0 Å². The lowest BCUT2D eigenvalue weighted by atomic mass is 9.98. The third-order valence-corrected chi connectivity index (χ3v) is 4.22. The van der Waals surface area contributed by atoms with E-state index in [9.17, 15) is 14.7 Å². The van der Waals surface area contributed by atoms with Crippen LogP contribution in [0.5, 0.6) is 0 Å². The third kappa shape index (κ3) is 2.68. The number of aliphatic hydroxyl groups excluding tert-OH is 1. The van der Waals surface area contributed by atoms with Gasteiger partial charge in [0.2, 0.25) is 0 Å². The topological polar surface area (TPSA) is 81.1 Å². The van der Waals surface area contributed by atoms with Gasteiger partial charge in [-0.1, -0.05) is 0 Å². The molecular weight excluding hydrogens is 248 g/mol. The lowest BCUT2D eigenvalue weighted by molar-refractivity contribution is -0.141. The van der Waals surface area contributed by atoms with Crippen molar-refractivity contribution in [2.24, 2.45) is 0 Å². The molecule has 6 nitrogen and oxygen atoms in total. The first kappa shape index (κ1) is 14.1. The highest BCUT2D eigenvalue weighted by atomic mass is 16.4. The van der Waals surface area contributed by atoms with E-state index in [1.54, 1.807) is 4.90 Å². The van der Waals surface area contributed by atoms with E-state index in [1.165, 1.54) is 4.90 Å². The molecule has 2 rings (SSSR count). The Morgan fingerprint density at radius 2 is 1.74 bits per heavy atom. The SMILES string of the molecule is CC1CCCC(C)N1C(=O)N1CC(O)CC1C(=O)O. The Bertz CT molecular complexity index is 364. The molecule has 0 radical (unpaired) electrons. The van der Waals surface area contributed by atoms with Gasteiger partial charge < -0.3 is 20.0 Å². The van der Waals surface area contributed by atoms with Crippen molar-refractivity contribution < 1.29 is 19.8 Å². The minimum absolute atomic E-state index is 0.117. The molecule has 0 bridgehead atoms. The molecule has 2 aliphatic rings. The van der Waals surface area contributed by atoms with Crippen LogP contribution in [0.25, 0.3) is 0 Å². The van der Waals surface area contributed by atoms with Crippen LogP contribution in [-0.4, -0.2) is 62.8 Å². The molecule has 4 unspecified atom stereocenters. The number of aliphatic hydroxyl groups is 1. The van der Waals surface area contributed by atoms with Gasteiger partial charge in [0.1, 0.15) is 6.04 Å². The number of aliphatic carboxylic acids is 1. The second-order valence-corrected chi connectivity index (χ2v) is 5.71. The molecule has 2 N–H and O–H groups in total. The van der Waals surface area contributed by atoms with Gasteiger partial charge in [0, 0.05) is 25.0 Å². The Morgan fingerprint density at radius 3 is 2.26 bits per heavy atom. The molecule has 108 valence electrons. The maximum Gasteiger partial charge on any atom is 0.326 e. The van der Waals surface area contributed by atoms with E-state index in [0.29, 0.717) is 0 Å². The zero-order valence-electron chi connectivity index (χ0n) is 11.5. The number of carboxylic acid groups (broad SMARTS) is 1. The van der Waals surface area contributed by atoms with E-state index in [-0.39, 0.29) is 31.1 Å². The quantitative estimate of drug-likeness (QED) is 0.741. The molecule has 4 atom stereocenters. The molecule has 2 amide bonds. The van der Waals surface area contributed by atoms with E-state index >= 15 is 0 Å². The van der Waals surface area contributed by atoms with Crippen LogP contribution in [0.4, 0.5) is 4.79 Å². The van der Waals surface area contributed by atoms with Gasteiger partial charge in [-0.25, -0.2) is 9.59 Å². The summed E-state index contributed by atoms with van der Waals surface area (Å²) in [7, 11) is 0. The van der Waals surface area contributed by atoms with E-state index in [1.807, 2.05) is 13.8 Å². The van der Waals surface area contributed by atoms with E-state index in [2.05, 4.69) is 0 Å². The highest BCUT2D eigenvalue weighted by molar-refractivity contribution is 5.84. The van der Waals surface area contributed by atoms with Crippen molar-refractivity contribution in [3.63, 3.8) is 0 Å². The van der Waals surface area contributed by atoms with Crippen LogP contribution in [0.3, 0.4) is 0 Å². The summed E-state index contributed by atoms with van der Waals surface area (Å²) in [5, 5.41) is 18.8. The number of amides is 2. The number of β-amino-alcohol motifs (C(OH)–C–C–N with tert-alkyl or cyclic N) is 1. The van der Waals surface area contributed by atoms with Crippen molar-refractivity contribution in [2.75, 3.05) is 6.54 Å². The Labute approximate surface area is 113 Å². The molecule has 2 aliphatic heterocycles. The molecule has 2 fully saturated rings. The second-order valence-electron chi connectivity index (χ2n) is 5.71. The Hall–Kier alpha value is -1.30. The summed E-state index contributed by atoms with van der Waals surface area (Å²) < 4.78 is 0. The van der Waals surface area contributed by atoms with E-state index in [0.717, 1.165) is 19.3 Å². The summed E-state index contributed by atoms with van der Waals surface area (Å²) in [6.07, 6.45) is 2.38. The minimum Gasteiger partial charge on any atom is -0.480 e. The van der Waals surface area contributed by atoms with Crippen molar-refractivity contribution in [1.82, 2.24) is 9.80 Å². The molecule has 2 heterocycles. The zero-order valence-corrected chi connectivity index (χ0v) is 11.5. The number of rotatable bonds is 1. The van der Waals surface area contributed by atoms with Crippen molar-refractivity contribution in [3.05, 3.63) is 0 Å². The number of carboxylic acids is 1. The average Bonchev–Trinajstić information content (AvgIpc) is 2.71. The summed E-state index contributed by atoms with van der Waals surface area (Å²) in [6.45, 7) is 4.11. The molecule has 19 heavy (non-hydrogen) atoms. The van der Waals surface area contributed by atoms with Crippen molar-refractivity contribution in [2.45, 2.75) is 63.8 Å². The highest BCUT2D eigenvalue weighted by Gasteiger charge is 2.42. The van der Waals surface area contributed by atoms with Crippen molar-refractivity contribution >= 4 is 12.0 Å². The first-order valence-corrected chi connectivity index (χ1v) is 6.91. The summed E-state index contributed by atoms with van der Waals surface area (Å²) in [6, 6.07) is -0.889. The zero-order chi connectivity index (χ0) is 14.2. The predicted octanol–water partition coefficient (Wildman–Crippen LogP) is 0.889. The molecule has 0 aromatic rings. The summed E-state index contributed by atoms with van der Waals surface area (Å²) in [5.74, 6) is -1.04. The Kier molecular flexibility index (Phi) is 3.99. The van der Waals surface area contributed by atoms with Crippen LogP contribution >= 0.6 is 0 Å². The van der Waals surface area contributed by atoms with Crippen molar-refractivity contribution in [1.29, 1.82) is 0 Å². The third-order valence-electron chi connectivity index (χ3n) is 4.22. The second kappa shape index (κ2) is 5.36. The lowest BCUT2D eigenvalue weighted by Gasteiger charge is -2.41. The fourth-order valence-electron chi connectivity index (χ4n) is 3.21. The average molecular weight is 270 g/mol. The highest BCUT2D eigenvalue weighted by Crippen LogP contribution is 2.27. The first-order chi connectivity index (χ1) is 8.91. The predicted molar refractivity (Wildman–Crippen MR) is 68.8 cm³/mol. The van der Waals surface area contributed by atoms with Crippen LogP contribution in [-0.2, 0) is 4.79 Å². The van der Waals surface area contributed by atoms with Crippen LogP contribution < -0.4 is 0 Å². The molecule has 0 aromatic heterocycles. The molecule has 6 heteroatoms. The number of hydrogen-bond acceptors (Lipinski definition) is 3. The van der Waals surface area contributed by atoms with Crippen LogP contribution in [0, 0.1) is 0 Å². The Balaban J connectivity index is 2.15. The van der Waals surface area contributed by atoms with Gasteiger partial charge in [0.25, 0.3) is 0 Å². The number of piperidine rings is 1. The summed E-state index contributed by atoms with van der Waals surface area (Å²) in [5.41, 5.74) is 0. The number of urea groups is 1. The van der Waals surface area contributed by atoms with Gasteiger partial charge in [-0.15, -0.1) is 0 Å². The number of carbonyl (C=O) groups is 2. The first-order valence-electron chi connectivity index (χ1n) is 6.91. The maximum atomic E-state index is 12.6. The van der Waals surface area contributed by atoms with Gasteiger partial charge in [-0.05, 0) is 33.1 Å². The molecule has 2 saturated heterocycles. The van der Waals surface area contributed by atoms with E-state index in [4.69, 9.17) is 5.11 Å². The standard InChI is InChI=1S/C13H22N2O4/c1-8-4-3-5-9(2)15(8)13(19)14-7-10(16)6-11(14)12(17)18/h8-11,16H,3-7H2,1-2H3,(H,17,18). The van der Waals surface area contributed by atoms with Crippen LogP contribution in [0.1, 0.15) is 39.5 Å². The molecular formula is C13H22N2O4. The lowest BCUT2D eigenvalue weighted by Crippen LogP contribution is -2.55. The number of hydrogen-bond donors (Lipinski definition) is 2.